The number of methoxy groups -OCH3 is 1. The van der Waals surface area contributed by atoms with Crippen LogP contribution in [-0.2, 0) is 6.61 Å². The molecule has 278 valence electrons. The molecule has 0 saturated carbocycles. The van der Waals surface area contributed by atoms with E-state index in [4.69, 9.17) is 4.74 Å². The third-order valence-electron chi connectivity index (χ3n) is 11.0. The topological polar surface area (TPSA) is 29.5 Å². The molecule has 0 aliphatic carbocycles. The maximum atomic E-state index is 9.67. The lowest BCUT2D eigenvalue weighted by molar-refractivity contribution is 0.282. The molecule has 0 atom stereocenters. The van der Waals surface area contributed by atoms with Gasteiger partial charge in [0, 0.05) is 0 Å². The number of benzene rings is 9. The van der Waals surface area contributed by atoms with Crippen LogP contribution >= 0.6 is 0 Å². The van der Waals surface area contributed by atoms with Gasteiger partial charge in [-0.3, -0.25) is 0 Å². The molecule has 0 unspecified atom stereocenters. The van der Waals surface area contributed by atoms with Crippen molar-refractivity contribution in [2.75, 3.05) is 7.11 Å². The van der Waals surface area contributed by atoms with Crippen LogP contribution < -0.4 is 4.74 Å². The Bertz CT molecular complexity index is 2460. The summed E-state index contributed by atoms with van der Waals surface area (Å²) in [6.07, 6.45) is 0. The standard InChI is InChI=1S/C56H42O2/c1-58-50-36-34-43(35-37-50)42-28-32-49(33-29-42)56-53(46-18-10-4-11-19-46)51(44-14-6-2-7-15-44)55(48-30-26-41(27-31-48)40-24-22-39(38-57)23-25-40)52(45-16-8-3-9-17-45)54(56)47-20-12-5-13-21-47/h2-37,57H,38H2,1H3. The highest BCUT2D eigenvalue weighted by Crippen LogP contribution is 2.56. The Morgan fingerprint density at radius 2 is 0.500 bits per heavy atom. The third-order valence-corrected chi connectivity index (χ3v) is 11.0. The quantitative estimate of drug-likeness (QED) is 0.151. The zero-order chi connectivity index (χ0) is 39.3. The Morgan fingerprint density at radius 1 is 0.276 bits per heavy atom. The van der Waals surface area contributed by atoms with Crippen LogP contribution in [0.15, 0.2) is 218 Å². The predicted molar refractivity (Wildman–Crippen MR) is 242 cm³/mol. The van der Waals surface area contributed by atoms with Crippen molar-refractivity contribution in [1.82, 2.24) is 0 Å². The summed E-state index contributed by atoms with van der Waals surface area (Å²) in [5.41, 5.74) is 19.3. The molecule has 0 aromatic heterocycles. The first-order valence-corrected chi connectivity index (χ1v) is 19.7. The third kappa shape index (κ3) is 7.14. The van der Waals surface area contributed by atoms with Crippen LogP contribution in [0.25, 0.3) is 89.0 Å². The minimum absolute atomic E-state index is 0.0278. The van der Waals surface area contributed by atoms with E-state index < -0.39 is 0 Å². The molecule has 2 nitrogen and oxygen atoms in total. The van der Waals surface area contributed by atoms with E-state index >= 15 is 0 Å². The molecular formula is C56H42O2. The second-order valence-electron chi connectivity index (χ2n) is 14.5. The first kappa shape index (κ1) is 36.4. The lowest BCUT2D eigenvalue weighted by Gasteiger charge is -2.29. The van der Waals surface area contributed by atoms with Crippen LogP contribution in [0, 0.1) is 0 Å². The summed E-state index contributed by atoms with van der Waals surface area (Å²) < 4.78 is 5.46. The molecule has 9 rings (SSSR count). The fourth-order valence-electron chi connectivity index (χ4n) is 8.15. The van der Waals surface area contributed by atoms with Gasteiger partial charge in [0.15, 0.2) is 0 Å². The van der Waals surface area contributed by atoms with Gasteiger partial charge in [0.1, 0.15) is 5.75 Å². The molecule has 0 fully saturated rings. The Labute approximate surface area is 341 Å². The van der Waals surface area contributed by atoms with E-state index in [0.29, 0.717) is 0 Å². The number of aliphatic hydroxyl groups excluding tert-OH is 1. The van der Waals surface area contributed by atoms with Crippen molar-refractivity contribution >= 4 is 0 Å². The van der Waals surface area contributed by atoms with E-state index in [9.17, 15) is 5.11 Å². The van der Waals surface area contributed by atoms with E-state index in [-0.39, 0.29) is 6.61 Å². The van der Waals surface area contributed by atoms with Gasteiger partial charge in [-0.1, -0.05) is 206 Å². The van der Waals surface area contributed by atoms with E-state index in [1.54, 1.807) is 7.11 Å². The van der Waals surface area contributed by atoms with E-state index in [2.05, 4.69) is 194 Å². The minimum Gasteiger partial charge on any atom is -0.497 e. The highest BCUT2D eigenvalue weighted by molar-refractivity contribution is 6.15. The van der Waals surface area contributed by atoms with Crippen molar-refractivity contribution in [1.29, 1.82) is 0 Å². The molecule has 0 saturated heterocycles. The number of aliphatic hydroxyl groups is 1. The van der Waals surface area contributed by atoms with Gasteiger partial charge in [-0.2, -0.15) is 0 Å². The van der Waals surface area contributed by atoms with Crippen LogP contribution in [0.1, 0.15) is 5.56 Å². The average molecular weight is 747 g/mol. The summed E-state index contributed by atoms with van der Waals surface area (Å²) in [6, 6.07) is 78.0. The molecule has 0 bridgehead atoms. The van der Waals surface area contributed by atoms with Gasteiger partial charge in [0.05, 0.1) is 13.7 Å². The molecule has 0 radical (unpaired) electrons. The molecule has 0 aliphatic heterocycles. The summed E-state index contributed by atoms with van der Waals surface area (Å²) in [7, 11) is 1.70. The van der Waals surface area contributed by atoms with Crippen molar-refractivity contribution in [2.45, 2.75) is 6.61 Å². The molecule has 9 aromatic carbocycles. The largest absolute Gasteiger partial charge is 0.497 e. The molecule has 0 spiro atoms. The number of hydrogen-bond donors (Lipinski definition) is 1. The Hall–Kier alpha value is -7.26. The number of rotatable bonds is 10. The highest BCUT2D eigenvalue weighted by Gasteiger charge is 2.29. The second kappa shape index (κ2) is 16.5. The van der Waals surface area contributed by atoms with Gasteiger partial charge in [0.25, 0.3) is 0 Å². The Balaban J connectivity index is 1.41. The fraction of sp³-hybridized carbons (Fsp3) is 0.0357. The first-order chi connectivity index (χ1) is 28.7. The molecule has 0 aliphatic rings. The van der Waals surface area contributed by atoms with Crippen LogP contribution in [0.3, 0.4) is 0 Å². The predicted octanol–water partition coefficient (Wildman–Crippen LogP) is 14.5. The summed E-state index contributed by atoms with van der Waals surface area (Å²) >= 11 is 0. The van der Waals surface area contributed by atoms with Crippen molar-refractivity contribution in [3.05, 3.63) is 224 Å². The number of ether oxygens (including phenoxy) is 1. The lowest BCUT2D eigenvalue weighted by Crippen LogP contribution is -2.02. The van der Waals surface area contributed by atoms with Gasteiger partial charge in [0.2, 0.25) is 0 Å². The zero-order valence-electron chi connectivity index (χ0n) is 32.3. The molecule has 9 aromatic rings. The average Bonchev–Trinajstić information content (AvgIpc) is 3.32. The monoisotopic (exact) mass is 746 g/mol. The van der Waals surface area contributed by atoms with Crippen molar-refractivity contribution in [3.8, 4) is 94.8 Å². The van der Waals surface area contributed by atoms with Crippen LogP contribution in [0.4, 0.5) is 0 Å². The molecular weight excluding hydrogens is 705 g/mol. The van der Waals surface area contributed by atoms with Crippen molar-refractivity contribution in [2.24, 2.45) is 0 Å². The summed E-state index contributed by atoms with van der Waals surface area (Å²) in [5.74, 6) is 0.841. The van der Waals surface area contributed by atoms with Crippen molar-refractivity contribution < 1.29 is 9.84 Å². The molecule has 0 amide bonds. The fourth-order valence-corrected chi connectivity index (χ4v) is 8.15. The molecule has 1 N–H and O–H groups in total. The van der Waals surface area contributed by atoms with Crippen LogP contribution in [-0.4, -0.2) is 12.2 Å². The van der Waals surface area contributed by atoms with Gasteiger partial charge >= 0.3 is 0 Å². The van der Waals surface area contributed by atoms with Crippen molar-refractivity contribution in [3.63, 3.8) is 0 Å². The van der Waals surface area contributed by atoms with Gasteiger partial charge in [-0.05, 0) is 107 Å². The van der Waals surface area contributed by atoms with Gasteiger partial charge in [-0.15, -0.1) is 0 Å². The maximum absolute atomic E-state index is 9.67. The maximum Gasteiger partial charge on any atom is 0.118 e. The summed E-state index contributed by atoms with van der Waals surface area (Å²) in [5, 5.41) is 9.67. The first-order valence-electron chi connectivity index (χ1n) is 19.7. The smallest absolute Gasteiger partial charge is 0.118 e. The normalized spacial score (nSPS) is 11.0. The Kier molecular flexibility index (Phi) is 10.3. The summed E-state index contributed by atoms with van der Waals surface area (Å²) in [6.45, 7) is 0.0278. The Morgan fingerprint density at radius 3 is 0.759 bits per heavy atom. The zero-order valence-corrected chi connectivity index (χ0v) is 32.3. The van der Waals surface area contributed by atoms with E-state index in [0.717, 1.165) is 66.9 Å². The highest BCUT2D eigenvalue weighted by atomic mass is 16.5. The lowest BCUT2D eigenvalue weighted by atomic mass is 9.74. The van der Waals surface area contributed by atoms with Gasteiger partial charge < -0.3 is 9.84 Å². The molecule has 58 heavy (non-hydrogen) atoms. The number of hydrogen-bond acceptors (Lipinski definition) is 2. The van der Waals surface area contributed by atoms with E-state index in [1.807, 2.05) is 24.3 Å². The van der Waals surface area contributed by atoms with E-state index in [1.165, 1.54) is 33.4 Å². The minimum atomic E-state index is 0.0278. The van der Waals surface area contributed by atoms with Crippen LogP contribution in [0.2, 0.25) is 0 Å². The molecule has 2 heteroatoms. The van der Waals surface area contributed by atoms with Gasteiger partial charge in [-0.25, -0.2) is 0 Å². The van der Waals surface area contributed by atoms with Crippen LogP contribution in [0.5, 0.6) is 5.75 Å². The SMILES string of the molecule is COc1ccc(-c2ccc(-c3c(-c4ccccc4)c(-c4ccccc4)c(-c4ccc(-c5ccc(CO)cc5)cc4)c(-c4ccccc4)c3-c3ccccc3)cc2)cc1. The summed E-state index contributed by atoms with van der Waals surface area (Å²) in [4.78, 5) is 0. The molecule has 0 heterocycles. The second-order valence-corrected chi connectivity index (χ2v) is 14.5.